The van der Waals surface area contributed by atoms with Crippen LogP contribution in [0.5, 0.6) is 11.8 Å². The Kier molecular flexibility index (Phi) is 6.15. The van der Waals surface area contributed by atoms with Crippen LogP contribution in [0, 0.1) is 0 Å². The van der Waals surface area contributed by atoms with Gasteiger partial charge in [-0.3, -0.25) is 9.88 Å². The van der Waals surface area contributed by atoms with Crippen molar-refractivity contribution in [2.24, 2.45) is 0 Å². The van der Waals surface area contributed by atoms with Gasteiger partial charge in [-0.05, 0) is 55.1 Å². The molecule has 7 heteroatoms. The number of pyridine rings is 1. The van der Waals surface area contributed by atoms with Gasteiger partial charge in [0.2, 0.25) is 0 Å². The van der Waals surface area contributed by atoms with E-state index < -0.39 is 0 Å². The highest BCUT2D eigenvalue weighted by Crippen LogP contribution is 2.28. The van der Waals surface area contributed by atoms with Gasteiger partial charge in [0.05, 0.1) is 11.7 Å². The number of fused-ring (bicyclic) bond motifs is 1. The summed E-state index contributed by atoms with van der Waals surface area (Å²) in [4.78, 5) is 19.9. The van der Waals surface area contributed by atoms with Crippen molar-refractivity contribution >= 4 is 22.3 Å². The predicted octanol–water partition coefficient (Wildman–Crippen LogP) is 4.33. The van der Waals surface area contributed by atoms with E-state index in [-0.39, 0.29) is 0 Å². The molecule has 2 aromatic heterocycles. The summed E-state index contributed by atoms with van der Waals surface area (Å²) in [5.41, 5.74) is 4.35. The maximum absolute atomic E-state index is 5.86. The average Bonchev–Trinajstić information content (AvgIpc) is 2.86. The van der Waals surface area contributed by atoms with E-state index in [2.05, 4.69) is 68.0 Å². The van der Waals surface area contributed by atoms with Crippen LogP contribution in [0.15, 0.2) is 73.2 Å². The van der Waals surface area contributed by atoms with E-state index in [1.807, 2.05) is 30.3 Å². The van der Waals surface area contributed by atoms with Gasteiger partial charge in [-0.1, -0.05) is 12.1 Å². The molecule has 0 amide bonds. The first-order valence-electron chi connectivity index (χ1n) is 11.2. The minimum Gasteiger partial charge on any atom is -0.424 e. The van der Waals surface area contributed by atoms with Crippen LogP contribution in [0.2, 0.25) is 0 Å². The molecule has 3 heterocycles. The second-order valence-corrected chi connectivity index (χ2v) is 8.49. The molecule has 0 spiro atoms. The Hall–Kier alpha value is -3.55. The largest absolute Gasteiger partial charge is 0.424 e. The molecule has 0 aliphatic carbocycles. The highest BCUT2D eigenvalue weighted by molar-refractivity contribution is 5.76. The molecule has 2 aromatic carbocycles. The maximum atomic E-state index is 5.86. The van der Waals surface area contributed by atoms with E-state index in [9.17, 15) is 0 Å². The summed E-state index contributed by atoms with van der Waals surface area (Å²) in [6.45, 7) is 5.50. The molecular weight excluding hydrogens is 412 g/mol. The van der Waals surface area contributed by atoms with E-state index in [1.54, 1.807) is 18.6 Å². The molecule has 168 valence electrons. The summed E-state index contributed by atoms with van der Waals surface area (Å²) in [5.74, 6) is 0.694. The molecule has 5 rings (SSSR count). The number of anilines is 2. The molecule has 1 fully saturated rings. The minimum absolute atomic E-state index is 0.313. The Bertz CT molecular complexity index is 1220. The second kappa shape index (κ2) is 9.52. The molecule has 0 unspecified atom stereocenters. The van der Waals surface area contributed by atoms with Gasteiger partial charge >= 0.3 is 6.01 Å². The number of aromatic nitrogens is 3. The molecule has 0 saturated carbocycles. The number of hydrogen-bond acceptors (Lipinski definition) is 7. The lowest BCUT2D eigenvalue weighted by molar-refractivity contribution is 0.148. The van der Waals surface area contributed by atoms with Gasteiger partial charge in [-0.15, -0.1) is 0 Å². The fourth-order valence-electron chi connectivity index (χ4n) is 4.03. The van der Waals surface area contributed by atoms with Crippen molar-refractivity contribution < 1.29 is 4.74 Å². The first-order valence-corrected chi connectivity index (χ1v) is 11.2. The van der Waals surface area contributed by atoms with Gasteiger partial charge in [0.1, 0.15) is 5.75 Å². The molecule has 7 nitrogen and oxygen atoms in total. The Morgan fingerprint density at radius 2 is 1.76 bits per heavy atom. The zero-order valence-electron chi connectivity index (χ0n) is 19.1. The van der Waals surface area contributed by atoms with E-state index in [0.29, 0.717) is 11.8 Å². The van der Waals surface area contributed by atoms with Crippen LogP contribution in [-0.4, -0.2) is 65.0 Å². The number of ether oxygens (including phenoxy) is 1. The van der Waals surface area contributed by atoms with Crippen molar-refractivity contribution in [2.75, 3.05) is 45.2 Å². The lowest BCUT2D eigenvalue weighted by Gasteiger charge is -2.32. The number of hydrogen-bond donors (Lipinski definition) is 0. The van der Waals surface area contributed by atoms with E-state index in [4.69, 9.17) is 4.74 Å². The highest BCUT2D eigenvalue weighted by Gasteiger charge is 2.14. The second-order valence-electron chi connectivity index (χ2n) is 8.49. The van der Waals surface area contributed by atoms with Gasteiger partial charge in [0.15, 0.2) is 0 Å². The van der Waals surface area contributed by atoms with Crippen molar-refractivity contribution in [3.05, 3.63) is 78.8 Å². The van der Waals surface area contributed by atoms with Gasteiger partial charge in [-0.25, -0.2) is 4.98 Å². The van der Waals surface area contributed by atoms with Crippen molar-refractivity contribution in [1.82, 2.24) is 24.8 Å². The molecular formula is C26H28N6O. The summed E-state index contributed by atoms with van der Waals surface area (Å²) < 4.78 is 5.86. The normalized spacial score (nSPS) is 15.0. The van der Waals surface area contributed by atoms with Crippen LogP contribution >= 0.6 is 0 Å². The monoisotopic (exact) mass is 440 g/mol. The van der Waals surface area contributed by atoms with E-state index in [1.165, 1.54) is 11.3 Å². The van der Waals surface area contributed by atoms with Crippen molar-refractivity contribution in [1.29, 1.82) is 0 Å². The quantitative estimate of drug-likeness (QED) is 0.442. The summed E-state index contributed by atoms with van der Waals surface area (Å²) in [6, 6.07) is 18.9. The molecule has 0 radical (unpaired) electrons. The van der Waals surface area contributed by atoms with E-state index in [0.717, 1.165) is 49.3 Å². The zero-order chi connectivity index (χ0) is 22.6. The van der Waals surface area contributed by atoms with Crippen molar-refractivity contribution in [2.45, 2.75) is 6.54 Å². The zero-order valence-corrected chi connectivity index (χ0v) is 19.1. The molecule has 1 aliphatic heterocycles. The van der Waals surface area contributed by atoms with Crippen LogP contribution in [-0.2, 0) is 6.54 Å². The molecule has 4 aromatic rings. The lowest BCUT2D eigenvalue weighted by Crippen LogP contribution is -2.43. The van der Waals surface area contributed by atoms with Gasteiger partial charge in [0.25, 0.3) is 0 Å². The Labute approximate surface area is 194 Å². The third kappa shape index (κ3) is 5.10. The van der Waals surface area contributed by atoms with Gasteiger partial charge in [0, 0.05) is 68.9 Å². The summed E-state index contributed by atoms with van der Waals surface area (Å²) in [7, 11) is 4.28. The van der Waals surface area contributed by atoms with Crippen molar-refractivity contribution in [3.8, 4) is 11.8 Å². The lowest BCUT2D eigenvalue weighted by atomic mass is 10.1. The van der Waals surface area contributed by atoms with Crippen molar-refractivity contribution in [3.63, 3.8) is 0 Å². The topological polar surface area (TPSA) is 57.6 Å². The van der Waals surface area contributed by atoms with Gasteiger partial charge < -0.3 is 14.5 Å². The molecule has 0 atom stereocenters. The third-order valence-corrected chi connectivity index (χ3v) is 6.10. The standard InChI is InChI=1S/C26H28N6O/c1-30-12-14-32(15-13-30)19-20-4-3-5-23(16-20)31(2)22-6-8-24(9-7-22)33-26-28-17-21-10-11-27-18-25(21)29-26/h3-11,16-18H,12-15,19H2,1-2H3. The Morgan fingerprint density at radius 3 is 2.58 bits per heavy atom. The summed E-state index contributed by atoms with van der Waals surface area (Å²) in [6.07, 6.45) is 5.18. The average molecular weight is 441 g/mol. The number of likely N-dealkylation sites (N-methyl/N-ethyl adjacent to an activating group) is 1. The summed E-state index contributed by atoms with van der Waals surface area (Å²) >= 11 is 0. The number of benzene rings is 2. The first kappa shape index (κ1) is 21.3. The predicted molar refractivity (Wildman–Crippen MR) is 131 cm³/mol. The Morgan fingerprint density at radius 1 is 0.939 bits per heavy atom. The molecule has 0 bridgehead atoms. The van der Waals surface area contributed by atoms with E-state index >= 15 is 0 Å². The number of piperazine rings is 1. The molecule has 1 aliphatic rings. The minimum atomic E-state index is 0.313. The number of nitrogens with zero attached hydrogens (tertiary/aromatic N) is 6. The number of rotatable bonds is 6. The van der Waals surface area contributed by atoms with Gasteiger partial charge in [-0.2, -0.15) is 4.98 Å². The molecule has 0 N–H and O–H groups in total. The Balaban J connectivity index is 1.25. The SMILES string of the molecule is CN1CCN(Cc2cccc(N(C)c3ccc(Oc4ncc5ccncc5n4)cc3)c2)CC1. The third-order valence-electron chi connectivity index (χ3n) is 6.10. The fraction of sp³-hybridized carbons (Fsp3) is 0.269. The van der Waals surface area contributed by atoms with Crippen LogP contribution in [0.3, 0.4) is 0 Å². The van der Waals surface area contributed by atoms with Crippen LogP contribution in [0.25, 0.3) is 10.9 Å². The van der Waals surface area contributed by atoms with Crippen LogP contribution in [0.1, 0.15) is 5.56 Å². The highest BCUT2D eigenvalue weighted by atomic mass is 16.5. The van der Waals surface area contributed by atoms with Crippen LogP contribution in [0.4, 0.5) is 11.4 Å². The smallest absolute Gasteiger partial charge is 0.322 e. The fourth-order valence-corrected chi connectivity index (χ4v) is 4.03. The summed E-state index contributed by atoms with van der Waals surface area (Å²) in [5, 5.41) is 0.934. The first-order chi connectivity index (χ1) is 16.1. The maximum Gasteiger partial charge on any atom is 0.322 e. The van der Waals surface area contributed by atoms with Crippen LogP contribution < -0.4 is 9.64 Å². The molecule has 1 saturated heterocycles. The molecule has 33 heavy (non-hydrogen) atoms.